The van der Waals surface area contributed by atoms with Crippen molar-refractivity contribution in [2.45, 2.75) is 25.3 Å². The number of methoxy groups -OCH3 is 1. The lowest BCUT2D eigenvalue weighted by Crippen LogP contribution is -2.51. The molecule has 2 aliphatic heterocycles. The fourth-order valence-corrected chi connectivity index (χ4v) is 3.49. The van der Waals surface area contributed by atoms with Gasteiger partial charge in [-0.1, -0.05) is 6.07 Å². The molecule has 0 aliphatic carbocycles. The maximum atomic E-state index is 13.0. The van der Waals surface area contributed by atoms with Gasteiger partial charge in [-0.3, -0.25) is 4.79 Å². The van der Waals surface area contributed by atoms with Crippen LogP contribution in [-0.4, -0.2) is 42.8 Å². The van der Waals surface area contributed by atoms with Gasteiger partial charge >= 0.3 is 6.03 Å². The summed E-state index contributed by atoms with van der Waals surface area (Å²) in [5, 5.41) is 2.84. The fraction of sp³-hybridized carbons (Fsp3) is 0.350. The van der Waals surface area contributed by atoms with Gasteiger partial charge in [0.25, 0.3) is 5.91 Å². The van der Waals surface area contributed by atoms with Crippen molar-refractivity contribution in [2.24, 2.45) is 0 Å². The highest BCUT2D eigenvalue weighted by atomic mass is 16.5. The van der Waals surface area contributed by atoms with Crippen molar-refractivity contribution in [2.75, 3.05) is 25.2 Å². The zero-order valence-corrected chi connectivity index (χ0v) is 15.7. The number of hydrogen-bond donors (Lipinski definition) is 1. The lowest BCUT2D eigenvalue weighted by atomic mass is 9.90. The number of carbonyl (C=O) groups excluding carboxylic acids is 2. The van der Waals surface area contributed by atoms with Crippen LogP contribution in [0.25, 0.3) is 0 Å². The number of nitrogens with zero attached hydrogens (tertiary/aromatic N) is 2. The number of urea groups is 1. The van der Waals surface area contributed by atoms with Crippen LogP contribution in [0.4, 0.5) is 10.5 Å². The van der Waals surface area contributed by atoms with Crippen molar-refractivity contribution in [3.05, 3.63) is 42.1 Å². The molecule has 3 amide bonds. The molecule has 2 aromatic rings. The highest BCUT2D eigenvalue weighted by Gasteiger charge is 2.52. The average molecular weight is 383 g/mol. The lowest BCUT2D eigenvalue weighted by Gasteiger charge is -2.30. The highest BCUT2D eigenvalue weighted by molar-refractivity contribution is 6.23. The summed E-state index contributed by atoms with van der Waals surface area (Å²) in [7, 11) is 1.59. The van der Waals surface area contributed by atoms with Gasteiger partial charge < -0.3 is 19.5 Å². The van der Waals surface area contributed by atoms with Crippen LogP contribution in [0.5, 0.6) is 17.4 Å². The summed E-state index contributed by atoms with van der Waals surface area (Å²) >= 11 is 0. The second kappa shape index (κ2) is 7.12. The summed E-state index contributed by atoms with van der Waals surface area (Å²) in [5.41, 5.74) is 0.511. The zero-order chi connectivity index (χ0) is 19.7. The first-order valence-corrected chi connectivity index (χ1v) is 9.05. The Bertz CT molecular complexity index is 924. The van der Waals surface area contributed by atoms with E-state index in [1.807, 2.05) is 13.0 Å². The SMILES string of the molecule is COc1cc(Oc2cc(N3C(=O)NC4(CCOCC4)C3=O)ccn2)ccc1C. The minimum atomic E-state index is -0.885. The third-order valence-corrected chi connectivity index (χ3v) is 5.09. The zero-order valence-electron chi connectivity index (χ0n) is 15.7. The molecule has 4 rings (SSSR count). The maximum absolute atomic E-state index is 13.0. The molecule has 8 nitrogen and oxygen atoms in total. The number of ether oxygens (including phenoxy) is 3. The third kappa shape index (κ3) is 3.16. The van der Waals surface area contributed by atoms with Gasteiger partial charge in [-0.15, -0.1) is 0 Å². The largest absolute Gasteiger partial charge is 0.496 e. The molecule has 3 heterocycles. The van der Waals surface area contributed by atoms with Crippen LogP contribution in [0.2, 0.25) is 0 Å². The first kappa shape index (κ1) is 18.2. The Morgan fingerprint density at radius 3 is 2.71 bits per heavy atom. The number of anilines is 1. The summed E-state index contributed by atoms with van der Waals surface area (Å²) in [5.74, 6) is 1.25. The molecule has 8 heteroatoms. The summed E-state index contributed by atoms with van der Waals surface area (Å²) < 4.78 is 16.4. The number of rotatable bonds is 4. The van der Waals surface area contributed by atoms with Crippen molar-refractivity contribution >= 4 is 17.6 Å². The topological polar surface area (TPSA) is 90.0 Å². The van der Waals surface area contributed by atoms with E-state index >= 15 is 0 Å². The monoisotopic (exact) mass is 383 g/mol. The molecule has 1 aromatic heterocycles. The van der Waals surface area contributed by atoms with E-state index in [1.165, 1.54) is 6.20 Å². The number of nitrogens with one attached hydrogen (secondary N) is 1. The molecule has 1 spiro atoms. The van der Waals surface area contributed by atoms with E-state index in [4.69, 9.17) is 14.2 Å². The quantitative estimate of drug-likeness (QED) is 0.817. The molecule has 0 atom stereocenters. The molecule has 0 unspecified atom stereocenters. The van der Waals surface area contributed by atoms with Gasteiger partial charge in [0.05, 0.1) is 12.8 Å². The van der Waals surface area contributed by atoms with E-state index in [0.717, 1.165) is 10.5 Å². The normalized spacial score (nSPS) is 18.3. The Morgan fingerprint density at radius 2 is 1.96 bits per heavy atom. The molecular weight excluding hydrogens is 362 g/mol. The van der Waals surface area contributed by atoms with Gasteiger partial charge in [0.2, 0.25) is 5.88 Å². The Hall–Kier alpha value is -3.13. The van der Waals surface area contributed by atoms with Gasteiger partial charge in [0.1, 0.15) is 17.0 Å². The van der Waals surface area contributed by atoms with Crippen LogP contribution in [0.3, 0.4) is 0 Å². The molecule has 0 bridgehead atoms. The van der Waals surface area contributed by atoms with Crippen LogP contribution in [0.1, 0.15) is 18.4 Å². The lowest BCUT2D eigenvalue weighted by molar-refractivity contribution is -0.125. The van der Waals surface area contributed by atoms with Crippen LogP contribution < -0.4 is 19.7 Å². The van der Waals surface area contributed by atoms with Crippen molar-refractivity contribution < 1.29 is 23.8 Å². The first-order valence-electron chi connectivity index (χ1n) is 9.05. The maximum Gasteiger partial charge on any atom is 0.329 e. The van der Waals surface area contributed by atoms with E-state index in [9.17, 15) is 9.59 Å². The molecule has 1 aromatic carbocycles. The Morgan fingerprint density at radius 1 is 1.18 bits per heavy atom. The number of imide groups is 1. The van der Waals surface area contributed by atoms with Crippen molar-refractivity contribution in [1.82, 2.24) is 10.3 Å². The minimum absolute atomic E-state index is 0.269. The number of carbonyl (C=O) groups is 2. The Balaban J connectivity index is 1.59. The summed E-state index contributed by atoms with van der Waals surface area (Å²) in [6.45, 7) is 2.82. The Kier molecular flexibility index (Phi) is 4.64. The van der Waals surface area contributed by atoms with Crippen molar-refractivity contribution in [3.8, 4) is 17.4 Å². The molecule has 2 fully saturated rings. The number of aryl methyl sites for hydroxylation is 1. The van der Waals surface area contributed by atoms with E-state index in [0.29, 0.717) is 43.2 Å². The van der Waals surface area contributed by atoms with Gasteiger partial charge in [-0.2, -0.15) is 0 Å². The second-order valence-corrected chi connectivity index (χ2v) is 6.85. The number of pyridine rings is 1. The van der Waals surface area contributed by atoms with Gasteiger partial charge in [-0.25, -0.2) is 14.7 Å². The standard InChI is InChI=1S/C20H21N3O5/c1-13-3-4-15(12-16(13)26-2)28-17-11-14(5-8-21-17)23-18(24)20(22-19(23)25)6-9-27-10-7-20/h3-5,8,11-12H,6-7,9-10H2,1-2H3,(H,22,25). The van der Waals surface area contributed by atoms with Gasteiger partial charge in [0.15, 0.2) is 0 Å². The minimum Gasteiger partial charge on any atom is -0.496 e. The molecule has 28 heavy (non-hydrogen) atoms. The highest BCUT2D eigenvalue weighted by Crippen LogP contribution is 2.33. The Labute approximate surface area is 162 Å². The summed E-state index contributed by atoms with van der Waals surface area (Å²) in [6.07, 6.45) is 2.43. The molecule has 2 saturated heterocycles. The van der Waals surface area contributed by atoms with E-state index in [-0.39, 0.29) is 11.8 Å². The number of amides is 3. The average Bonchev–Trinajstić information content (AvgIpc) is 2.93. The van der Waals surface area contributed by atoms with Crippen molar-refractivity contribution in [1.29, 1.82) is 0 Å². The summed E-state index contributed by atoms with van der Waals surface area (Å²) in [4.78, 5) is 30.9. The van der Waals surface area contributed by atoms with Gasteiger partial charge in [-0.05, 0) is 24.6 Å². The van der Waals surface area contributed by atoms with Crippen molar-refractivity contribution in [3.63, 3.8) is 0 Å². The van der Waals surface area contributed by atoms with Crippen LogP contribution in [0.15, 0.2) is 36.5 Å². The predicted molar refractivity (Wildman–Crippen MR) is 101 cm³/mol. The molecular formula is C20H21N3O5. The molecule has 0 saturated carbocycles. The molecule has 146 valence electrons. The number of hydrogen-bond acceptors (Lipinski definition) is 6. The molecule has 0 radical (unpaired) electrons. The predicted octanol–water partition coefficient (Wildman–Crippen LogP) is 2.80. The van der Waals surface area contributed by atoms with E-state index in [2.05, 4.69) is 10.3 Å². The fourth-order valence-electron chi connectivity index (χ4n) is 3.49. The number of benzene rings is 1. The van der Waals surface area contributed by atoms with Gasteiger partial charge in [0, 0.05) is 44.4 Å². The number of aromatic nitrogens is 1. The second-order valence-electron chi connectivity index (χ2n) is 6.85. The summed E-state index contributed by atoms with van der Waals surface area (Å²) in [6, 6.07) is 8.18. The molecule has 2 aliphatic rings. The first-order chi connectivity index (χ1) is 13.5. The van der Waals surface area contributed by atoms with Crippen LogP contribution in [-0.2, 0) is 9.53 Å². The molecule has 1 N–H and O–H groups in total. The van der Waals surface area contributed by atoms with E-state index in [1.54, 1.807) is 31.4 Å². The van der Waals surface area contributed by atoms with E-state index < -0.39 is 11.6 Å². The third-order valence-electron chi connectivity index (χ3n) is 5.09. The smallest absolute Gasteiger partial charge is 0.329 e. The van der Waals surface area contributed by atoms with Crippen LogP contribution in [0, 0.1) is 6.92 Å². The van der Waals surface area contributed by atoms with Crippen LogP contribution >= 0.6 is 0 Å².